The Kier molecular flexibility index (Phi) is 5.58. The Bertz CT molecular complexity index is 1160. The number of aromatic amines is 1. The van der Waals surface area contributed by atoms with Crippen LogP contribution in [-0.4, -0.2) is 30.8 Å². The number of imidazole rings is 1. The fourth-order valence-corrected chi connectivity index (χ4v) is 4.55. The second kappa shape index (κ2) is 8.14. The molecule has 1 amide bonds. The molecule has 2 aromatic carbocycles. The Hall–Kier alpha value is -2.42. The first kappa shape index (κ1) is 19.9. The molecule has 152 valence electrons. The molecule has 1 saturated carbocycles. The summed E-state index contributed by atoms with van der Waals surface area (Å²) in [7, 11) is -3.71. The predicted molar refractivity (Wildman–Crippen MR) is 113 cm³/mol. The van der Waals surface area contributed by atoms with Crippen molar-refractivity contribution in [2.45, 2.75) is 36.5 Å². The number of benzene rings is 2. The van der Waals surface area contributed by atoms with Gasteiger partial charge in [0.2, 0.25) is 15.9 Å². The number of aromatic nitrogens is 2. The van der Waals surface area contributed by atoms with Crippen LogP contribution in [0.1, 0.15) is 37.4 Å². The monoisotopic (exact) mass is 432 g/mol. The summed E-state index contributed by atoms with van der Waals surface area (Å²) in [5, 5.41) is 3.13. The fourth-order valence-electron chi connectivity index (χ4n) is 3.22. The zero-order chi connectivity index (χ0) is 20.4. The van der Waals surface area contributed by atoms with Gasteiger partial charge in [0.1, 0.15) is 5.82 Å². The van der Waals surface area contributed by atoms with Crippen molar-refractivity contribution in [3.63, 3.8) is 0 Å². The maximum atomic E-state index is 12.2. The number of nitrogens with zero attached hydrogens (tertiary/aromatic N) is 1. The molecule has 9 heteroatoms. The van der Waals surface area contributed by atoms with E-state index in [1.54, 1.807) is 18.2 Å². The second-order valence-corrected chi connectivity index (χ2v) is 9.34. The molecule has 0 atom stereocenters. The topological polar surface area (TPSA) is 104 Å². The van der Waals surface area contributed by atoms with Gasteiger partial charge >= 0.3 is 0 Å². The molecule has 1 aromatic heterocycles. The average Bonchev–Trinajstić information content (AvgIpc) is 3.02. The van der Waals surface area contributed by atoms with Crippen molar-refractivity contribution in [2.75, 3.05) is 11.9 Å². The fraction of sp³-hybridized carbons (Fsp3) is 0.300. The van der Waals surface area contributed by atoms with Crippen molar-refractivity contribution in [3.05, 3.63) is 53.3 Å². The van der Waals surface area contributed by atoms with Crippen LogP contribution in [-0.2, 0) is 14.8 Å². The molecular formula is C20H21ClN4O3S. The van der Waals surface area contributed by atoms with Crippen LogP contribution in [0.15, 0.2) is 47.4 Å². The van der Waals surface area contributed by atoms with Gasteiger partial charge in [-0.05, 0) is 49.2 Å². The van der Waals surface area contributed by atoms with E-state index in [4.69, 9.17) is 11.6 Å². The molecule has 0 radical (unpaired) electrons. The number of halogens is 1. The third-order valence-electron chi connectivity index (χ3n) is 5.03. The second-order valence-electron chi connectivity index (χ2n) is 7.14. The molecule has 1 heterocycles. The summed E-state index contributed by atoms with van der Waals surface area (Å²) in [6, 6.07) is 11.5. The maximum Gasteiger partial charge on any atom is 0.240 e. The summed E-state index contributed by atoms with van der Waals surface area (Å²) in [5.41, 5.74) is 2.40. The standard InChI is InChI=1S/C20H21ClN4O3S/c21-14-5-2-6-16(11-14)29(27,28)22-10-9-19(26)23-15-7-8-17-18(12-15)25-20(24-17)13-3-1-4-13/h2,5-8,11-13,22H,1,3-4,9-10H2,(H,23,26)(H,24,25). The molecule has 0 bridgehead atoms. The molecule has 0 aliphatic heterocycles. The number of rotatable bonds is 7. The number of hydrogen-bond donors (Lipinski definition) is 3. The van der Waals surface area contributed by atoms with Crippen LogP contribution < -0.4 is 10.0 Å². The molecule has 0 saturated heterocycles. The molecule has 7 nitrogen and oxygen atoms in total. The molecule has 3 N–H and O–H groups in total. The zero-order valence-electron chi connectivity index (χ0n) is 15.6. The van der Waals surface area contributed by atoms with Gasteiger partial charge in [0.05, 0.1) is 15.9 Å². The zero-order valence-corrected chi connectivity index (χ0v) is 17.2. The highest BCUT2D eigenvalue weighted by molar-refractivity contribution is 7.89. The summed E-state index contributed by atoms with van der Waals surface area (Å²) < 4.78 is 26.9. The van der Waals surface area contributed by atoms with E-state index in [1.165, 1.54) is 18.6 Å². The lowest BCUT2D eigenvalue weighted by atomic mass is 9.85. The van der Waals surface area contributed by atoms with E-state index >= 15 is 0 Å². The van der Waals surface area contributed by atoms with E-state index in [2.05, 4.69) is 20.0 Å². The number of hydrogen-bond acceptors (Lipinski definition) is 4. The van der Waals surface area contributed by atoms with E-state index in [0.29, 0.717) is 16.6 Å². The quantitative estimate of drug-likeness (QED) is 0.528. The predicted octanol–water partition coefficient (Wildman–Crippen LogP) is 3.79. The van der Waals surface area contributed by atoms with Crippen LogP contribution in [0.3, 0.4) is 0 Å². The summed E-state index contributed by atoms with van der Waals surface area (Å²) >= 11 is 5.83. The highest BCUT2D eigenvalue weighted by Crippen LogP contribution is 2.35. The smallest absolute Gasteiger partial charge is 0.240 e. The number of carbonyl (C=O) groups excluding carboxylic acids is 1. The van der Waals surface area contributed by atoms with Gasteiger partial charge in [0.15, 0.2) is 0 Å². The third-order valence-corrected chi connectivity index (χ3v) is 6.72. The summed E-state index contributed by atoms with van der Waals surface area (Å²) in [4.78, 5) is 20.2. The summed E-state index contributed by atoms with van der Waals surface area (Å²) in [5.74, 6) is 1.23. The Balaban J connectivity index is 1.33. The molecule has 0 spiro atoms. The molecule has 1 aliphatic rings. The molecule has 0 unspecified atom stereocenters. The third kappa shape index (κ3) is 4.60. The Morgan fingerprint density at radius 1 is 1.21 bits per heavy atom. The van der Waals surface area contributed by atoms with Crippen LogP contribution in [0.5, 0.6) is 0 Å². The van der Waals surface area contributed by atoms with Gasteiger partial charge in [-0.2, -0.15) is 0 Å². The first-order valence-corrected chi connectivity index (χ1v) is 11.3. The average molecular weight is 433 g/mol. The first-order valence-electron chi connectivity index (χ1n) is 9.45. The summed E-state index contributed by atoms with van der Waals surface area (Å²) in [6.07, 6.45) is 3.57. The van der Waals surface area contributed by atoms with Crippen molar-refractivity contribution >= 4 is 44.3 Å². The number of H-pyrrole nitrogens is 1. The molecule has 1 aliphatic carbocycles. The number of fused-ring (bicyclic) bond motifs is 1. The molecule has 1 fully saturated rings. The number of anilines is 1. The Morgan fingerprint density at radius 3 is 2.76 bits per heavy atom. The van der Waals surface area contributed by atoms with Gasteiger partial charge in [0, 0.05) is 29.6 Å². The molecule has 29 heavy (non-hydrogen) atoms. The number of carbonyl (C=O) groups is 1. The van der Waals surface area contributed by atoms with E-state index in [-0.39, 0.29) is 23.8 Å². The highest BCUT2D eigenvalue weighted by Gasteiger charge is 2.22. The molecular weight excluding hydrogens is 412 g/mol. The van der Waals surface area contributed by atoms with Crippen molar-refractivity contribution in [1.29, 1.82) is 0 Å². The molecule has 4 rings (SSSR count). The lowest BCUT2D eigenvalue weighted by molar-refractivity contribution is -0.116. The van der Waals surface area contributed by atoms with Gasteiger partial charge in [-0.15, -0.1) is 0 Å². The van der Waals surface area contributed by atoms with E-state index in [1.807, 2.05) is 12.1 Å². The Morgan fingerprint density at radius 2 is 2.03 bits per heavy atom. The van der Waals surface area contributed by atoms with Gasteiger partial charge in [-0.3, -0.25) is 4.79 Å². The highest BCUT2D eigenvalue weighted by atomic mass is 35.5. The van der Waals surface area contributed by atoms with E-state index in [9.17, 15) is 13.2 Å². The number of amides is 1. The molecule has 3 aromatic rings. The summed E-state index contributed by atoms with van der Waals surface area (Å²) in [6.45, 7) is -0.0151. The van der Waals surface area contributed by atoms with Gasteiger partial charge in [-0.1, -0.05) is 24.1 Å². The lowest BCUT2D eigenvalue weighted by Crippen LogP contribution is -2.27. The van der Waals surface area contributed by atoms with E-state index in [0.717, 1.165) is 29.7 Å². The number of nitrogens with one attached hydrogen (secondary N) is 3. The maximum absolute atomic E-state index is 12.2. The lowest BCUT2D eigenvalue weighted by Gasteiger charge is -2.22. The van der Waals surface area contributed by atoms with Crippen LogP contribution in [0.2, 0.25) is 5.02 Å². The minimum atomic E-state index is -3.71. The largest absolute Gasteiger partial charge is 0.342 e. The van der Waals surface area contributed by atoms with Crippen LogP contribution in [0.4, 0.5) is 5.69 Å². The number of sulfonamides is 1. The van der Waals surface area contributed by atoms with Crippen molar-refractivity contribution in [3.8, 4) is 0 Å². The van der Waals surface area contributed by atoms with Crippen LogP contribution >= 0.6 is 11.6 Å². The normalized spacial score (nSPS) is 14.7. The van der Waals surface area contributed by atoms with Gasteiger partial charge < -0.3 is 10.3 Å². The van der Waals surface area contributed by atoms with Crippen LogP contribution in [0, 0.1) is 0 Å². The van der Waals surface area contributed by atoms with Crippen molar-refractivity contribution in [1.82, 2.24) is 14.7 Å². The van der Waals surface area contributed by atoms with Crippen molar-refractivity contribution < 1.29 is 13.2 Å². The Labute approximate surface area is 173 Å². The minimum Gasteiger partial charge on any atom is -0.342 e. The van der Waals surface area contributed by atoms with Crippen molar-refractivity contribution in [2.24, 2.45) is 0 Å². The van der Waals surface area contributed by atoms with Gasteiger partial charge in [-0.25, -0.2) is 18.1 Å². The first-order chi connectivity index (χ1) is 13.9. The van der Waals surface area contributed by atoms with Gasteiger partial charge in [0.25, 0.3) is 0 Å². The van der Waals surface area contributed by atoms with Crippen LogP contribution in [0.25, 0.3) is 11.0 Å². The minimum absolute atomic E-state index is 0.00807. The van der Waals surface area contributed by atoms with E-state index < -0.39 is 10.0 Å². The SMILES string of the molecule is O=C(CCNS(=O)(=O)c1cccc(Cl)c1)Nc1ccc2nc(C3CCC3)[nH]c2c1.